The molecule has 4 nitrogen and oxygen atoms in total. The van der Waals surface area contributed by atoms with Crippen LogP contribution in [0.5, 0.6) is 0 Å². The first-order valence-corrected chi connectivity index (χ1v) is 5.37. The first kappa shape index (κ1) is 14.4. The third-order valence-electron chi connectivity index (χ3n) is 2.83. The molecule has 3 N–H and O–H groups in total. The number of aliphatic hydroxyl groups is 1. The largest absolute Gasteiger partial charge is 0.481 e. The molecule has 0 heterocycles. The molecule has 0 aliphatic heterocycles. The smallest absolute Gasteiger partial charge is 0.307 e. The Morgan fingerprint density at radius 3 is 2.33 bits per heavy atom. The summed E-state index contributed by atoms with van der Waals surface area (Å²) >= 11 is 0. The van der Waals surface area contributed by atoms with Crippen LogP contribution in [0.15, 0.2) is 0 Å². The Bertz CT molecular complexity index is 204. The van der Waals surface area contributed by atoms with Crippen molar-refractivity contribution in [3.05, 3.63) is 0 Å². The minimum Gasteiger partial charge on any atom is -0.481 e. The van der Waals surface area contributed by atoms with Gasteiger partial charge >= 0.3 is 5.97 Å². The number of carboxylic acids is 1. The minimum absolute atomic E-state index is 0.00122. The molecule has 4 heteroatoms. The van der Waals surface area contributed by atoms with Gasteiger partial charge in [-0.25, -0.2) is 0 Å². The van der Waals surface area contributed by atoms with E-state index in [0.29, 0.717) is 13.0 Å². The number of hydrogen-bond acceptors (Lipinski definition) is 3. The van der Waals surface area contributed by atoms with Gasteiger partial charge in [0.05, 0.1) is 5.92 Å². The maximum absolute atomic E-state index is 10.7. The molecule has 0 spiro atoms. The lowest BCUT2D eigenvalue weighted by Gasteiger charge is -2.27. The Morgan fingerprint density at radius 1 is 1.40 bits per heavy atom. The van der Waals surface area contributed by atoms with Gasteiger partial charge < -0.3 is 15.5 Å². The van der Waals surface area contributed by atoms with Gasteiger partial charge in [-0.3, -0.25) is 4.79 Å². The lowest BCUT2D eigenvalue weighted by atomic mass is 9.89. The Kier molecular flexibility index (Phi) is 5.83. The summed E-state index contributed by atoms with van der Waals surface area (Å²) in [6, 6.07) is -0.0551. The maximum Gasteiger partial charge on any atom is 0.307 e. The monoisotopic (exact) mass is 217 g/mol. The quantitative estimate of drug-likeness (QED) is 0.597. The molecule has 15 heavy (non-hydrogen) atoms. The first-order valence-electron chi connectivity index (χ1n) is 5.37. The van der Waals surface area contributed by atoms with E-state index >= 15 is 0 Å². The van der Waals surface area contributed by atoms with E-state index in [1.165, 1.54) is 0 Å². The van der Waals surface area contributed by atoms with Crippen molar-refractivity contribution in [2.75, 3.05) is 13.2 Å². The molecule has 0 aliphatic rings. The van der Waals surface area contributed by atoms with E-state index in [1.54, 1.807) is 6.92 Å². The Labute approximate surface area is 91.7 Å². The van der Waals surface area contributed by atoms with Crippen LogP contribution in [0.4, 0.5) is 0 Å². The van der Waals surface area contributed by atoms with Crippen LogP contribution in [0.1, 0.15) is 34.1 Å². The molecular formula is C11H23NO3. The molecule has 0 rings (SSSR count). The SMILES string of the molecule is CC(NCC(C)(C)CCO)C(C)C(=O)O. The van der Waals surface area contributed by atoms with Crippen LogP contribution >= 0.6 is 0 Å². The molecule has 0 aromatic heterocycles. The summed E-state index contributed by atoms with van der Waals surface area (Å²) in [6.07, 6.45) is 0.716. The van der Waals surface area contributed by atoms with Gasteiger partial charge in [0.25, 0.3) is 0 Å². The van der Waals surface area contributed by atoms with Crippen molar-refractivity contribution >= 4 is 5.97 Å². The topological polar surface area (TPSA) is 69.6 Å². The van der Waals surface area contributed by atoms with E-state index in [4.69, 9.17) is 10.2 Å². The van der Waals surface area contributed by atoms with Crippen LogP contribution in [0.3, 0.4) is 0 Å². The van der Waals surface area contributed by atoms with Crippen molar-refractivity contribution in [1.29, 1.82) is 0 Å². The second kappa shape index (κ2) is 6.08. The standard InChI is InChI=1S/C11H23NO3/c1-8(10(14)15)9(2)12-7-11(3,4)5-6-13/h8-9,12-13H,5-7H2,1-4H3,(H,14,15). The zero-order valence-electron chi connectivity index (χ0n) is 10.1. The van der Waals surface area contributed by atoms with Gasteiger partial charge in [0.2, 0.25) is 0 Å². The average molecular weight is 217 g/mol. The van der Waals surface area contributed by atoms with Gasteiger partial charge in [-0.15, -0.1) is 0 Å². The summed E-state index contributed by atoms with van der Waals surface area (Å²) in [6.45, 7) is 8.54. The summed E-state index contributed by atoms with van der Waals surface area (Å²) in [5, 5.41) is 20.8. The zero-order chi connectivity index (χ0) is 12.1. The van der Waals surface area contributed by atoms with Gasteiger partial charge in [-0.2, -0.15) is 0 Å². The fraction of sp³-hybridized carbons (Fsp3) is 0.909. The highest BCUT2D eigenvalue weighted by molar-refractivity contribution is 5.70. The third-order valence-corrected chi connectivity index (χ3v) is 2.83. The van der Waals surface area contributed by atoms with Gasteiger partial charge in [0.1, 0.15) is 0 Å². The molecule has 0 radical (unpaired) electrons. The predicted octanol–water partition coefficient (Wildman–Crippen LogP) is 1.09. The molecule has 0 bridgehead atoms. The molecule has 0 aromatic carbocycles. The predicted molar refractivity (Wildman–Crippen MR) is 59.7 cm³/mol. The molecule has 0 saturated heterocycles. The third kappa shape index (κ3) is 5.74. The number of aliphatic carboxylic acids is 1. The Balaban J connectivity index is 3.99. The average Bonchev–Trinajstić information content (AvgIpc) is 2.13. The molecule has 2 atom stereocenters. The van der Waals surface area contributed by atoms with E-state index in [9.17, 15) is 4.79 Å². The number of carbonyl (C=O) groups is 1. The summed E-state index contributed by atoms with van der Waals surface area (Å²) in [4.78, 5) is 10.7. The molecule has 0 saturated carbocycles. The molecule has 0 aromatic rings. The number of nitrogens with one attached hydrogen (secondary N) is 1. The fourth-order valence-corrected chi connectivity index (χ4v) is 1.22. The van der Waals surface area contributed by atoms with E-state index in [0.717, 1.165) is 0 Å². The van der Waals surface area contributed by atoms with Crippen LogP contribution in [0, 0.1) is 11.3 Å². The second-order valence-corrected chi connectivity index (χ2v) is 4.93. The minimum atomic E-state index is -0.782. The van der Waals surface area contributed by atoms with Crippen LogP contribution in [-0.4, -0.2) is 35.4 Å². The molecular weight excluding hydrogens is 194 g/mol. The van der Waals surface area contributed by atoms with E-state index in [-0.39, 0.29) is 18.1 Å². The van der Waals surface area contributed by atoms with Crippen molar-refractivity contribution in [3.63, 3.8) is 0 Å². The van der Waals surface area contributed by atoms with Gasteiger partial charge in [-0.1, -0.05) is 20.8 Å². The normalized spacial score (nSPS) is 16.1. The summed E-state index contributed by atoms with van der Waals surface area (Å²) in [5.41, 5.74) is 0.00122. The first-order chi connectivity index (χ1) is 6.80. The Hall–Kier alpha value is -0.610. The van der Waals surface area contributed by atoms with Crippen molar-refractivity contribution in [2.24, 2.45) is 11.3 Å². The maximum atomic E-state index is 10.7. The summed E-state index contributed by atoms with van der Waals surface area (Å²) in [5.74, 6) is -1.18. The van der Waals surface area contributed by atoms with Crippen molar-refractivity contribution in [3.8, 4) is 0 Å². The molecule has 2 unspecified atom stereocenters. The zero-order valence-corrected chi connectivity index (χ0v) is 10.1. The van der Waals surface area contributed by atoms with Crippen LogP contribution in [0.25, 0.3) is 0 Å². The highest BCUT2D eigenvalue weighted by atomic mass is 16.4. The number of hydrogen-bond donors (Lipinski definition) is 3. The summed E-state index contributed by atoms with van der Waals surface area (Å²) < 4.78 is 0. The van der Waals surface area contributed by atoms with Crippen molar-refractivity contribution in [1.82, 2.24) is 5.32 Å². The molecule has 0 aliphatic carbocycles. The fourth-order valence-electron chi connectivity index (χ4n) is 1.22. The lowest BCUT2D eigenvalue weighted by Crippen LogP contribution is -2.41. The van der Waals surface area contributed by atoms with E-state index < -0.39 is 11.9 Å². The van der Waals surface area contributed by atoms with Crippen molar-refractivity contribution in [2.45, 2.75) is 40.2 Å². The molecule has 0 fully saturated rings. The molecule has 0 amide bonds. The number of aliphatic hydroxyl groups excluding tert-OH is 1. The number of carboxylic acid groups (broad SMARTS) is 1. The summed E-state index contributed by atoms with van der Waals surface area (Å²) in [7, 11) is 0. The van der Waals surface area contributed by atoms with Crippen LogP contribution in [0.2, 0.25) is 0 Å². The van der Waals surface area contributed by atoms with Gasteiger partial charge in [-0.05, 0) is 18.8 Å². The van der Waals surface area contributed by atoms with E-state index in [2.05, 4.69) is 5.32 Å². The van der Waals surface area contributed by atoms with E-state index in [1.807, 2.05) is 20.8 Å². The van der Waals surface area contributed by atoms with Crippen LogP contribution < -0.4 is 5.32 Å². The highest BCUT2D eigenvalue weighted by Gasteiger charge is 2.22. The van der Waals surface area contributed by atoms with Gasteiger partial charge in [0, 0.05) is 19.2 Å². The Morgan fingerprint density at radius 2 is 1.93 bits per heavy atom. The number of rotatable bonds is 7. The van der Waals surface area contributed by atoms with Crippen molar-refractivity contribution < 1.29 is 15.0 Å². The molecule has 90 valence electrons. The highest BCUT2D eigenvalue weighted by Crippen LogP contribution is 2.18. The second-order valence-electron chi connectivity index (χ2n) is 4.93. The van der Waals surface area contributed by atoms with Crippen LogP contribution in [-0.2, 0) is 4.79 Å². The lowest BCUT2D eigenvalue weighted by molar-refractivity contribution is -0.142. The van der Waals surface area contributed by atoms with Gasteiger partial charge in [0.15, 0.2) is 0 Å².